The van der Waals surface area contributed by atoms with Gasteiger partial charge in [0, 0.05) is 12.1 Å². The van der Waals surface area contributed by atoms with Gasteiger partial charge in [-0.1, -0.05) is 12.1 Å². The van der Waals surface area contributed by atoms with Gasteiger partial charge in [-0.25, -0.2) is 4.79 Å². The average Bonchev–Trinajstić information content (AvgIpc) is 2.28. The number of amides is 2. The Hall–Kier alpha value is -2.08. The number of nitrogens with zero attached hydrogens (tertiary/aromatic N) is 1. The van der Waals surface area contributed by atoms with Crippen molar-refractivity contribution in [3.05, 3.63) is 29.8 Å². The first kappa shape index (κ1) is 17.0. The molecule has 0 spiro atoms. The molecule has 21 heavy (non-hydrogen) atoms. The first-order valence-corrected chi connectivity index (χ1v) is 6.70. The molecule has 3 N–H and O–H groups in total. The minimum absolute atomic E-state index is 0.0647. The highest BCUT2D eigenvalue weighted by Crippen LogP contribution is 2.18. The minimum atomic E-state index is -0.785. The third-order valence-electron chi connectivity index (χ3n) is 2.70. The topological polar surface area (TPSA) is 84.7 Å². The predicted octanol–water partition coefficient (Wildman–Crippen LogP) is 1.60. The average molecular weight is 293 g/mol. The molecule has 0 bridgehead atoms. The van der Waals surface area contributed by atoms with Crippen molar-refractivity contribution in [1.82, 2.24) is 4.90 Å². The molecule has 0 radical (unpaired) electrons. The molecule has 0 heterocycles. The molecule has 0 saturated carbocycles. The predicted molar refractivity (Wildman–Crippen MR) is 82.1 cm³/mol. The van der Waals surface area contributed by atoms with E-state index >= 15 is 0 Å². The molecular formula is C15H23N3O3. The van der Waals surface area contributed by atoms with Crippen LogP contribution in [0.25, 0.3) is 0 Å². The summed E-state index contributed by atoms with van der Waals surface area (Å²) in [6.07, 6.45) is -0.241. The van der Waals surface area contributed by atoms with Crippen LogP contribution in [0.3, 0.4) is 0 Å². The summed E-state index contributed by atoms with van der Waals surface area (Å²) in [6, 6.07) is 7.42. The Morgan fingerprint density at radius 2 is 1.81 bits per heavy atom. The zero-order valence-electron chi connectivity index (χ0n) is 13.0. The summed E-state index contributed by atoms with van der Waals surface area (Å²) >= 11 is 0. The SMILES string of the molecule is CN(C)CC(=O)Nc1ccc(CC(C)(C)OC(N)=O)cc1. The summed E-state index contributed by atoms with van der Waals surface area (Å²) in [4.78, 5) is 24.2. The van der Waals surface area contributed by atoms with Gasteiger partial charge in [-0.05, 0) is 45.6 Å². The highest BCUT2D eigenvalue weighted by molar-refractivity contribution is 5.92. The maximum absolute atomic E-state index is 11.6. The van der Waals surface area contributed by atoms with E-state index in [2.05, 4.69) is 5.32 Å². The third kappa shape index (κ3) is 6.76. The first-order valence-electron chi connectivity index (χ1n) is 6.70. The van der Waals surface area contributed by atoms with Gasteiger partial charge in [0.25, 0.3) is 0 Å². The number of rotatable bonds is 6. The summed E-state index contributed by atoms with van der Waals surface area (Å²) in [6.45, 7) is 3.93. The molecule has 0 aliphatic heterocycles. The molecule has 1 aromatic rings. The molecule has 0 aliphatic carbocycles. The van der Waals surface area contributed by atoms with E-state index in [0.29, 0.717) is 13.0 Å². The molecule has 0 unspecified atom stereocenters. The summed E-state index contributed by atoms with van der Waals surface area (Å²) < 4.78 is 5.04. The Kier molecular flexibility index (Phi) is 5.72. The van der Waals surface area contributed by atoms with Gasteiger partial charge in [0.15, 0.2) is 0 Å². The lowest BCUT2D eigenvalue weighted by Crippen LogP contribution is -2.33. The lowest BCUT2D eigenvalue weighted by molar-refractivity contribution is -0.116. The Labute approximate surface area is 125 Å². The van der Waals surface area contributed by atoms with Crippen molar-refractivity contribution in [3.63, 3.8) is 0 Å². The summed E-state index contributed by atoms with van der Waals surface area (Å²) in [5, 5.41) is 2.81. The minimum Gasteiger partial charge on any atom is -0.443 e. The van der Waals surface area contributed by atoms with Gasteiger partial charge in [-0.15, -0.1) is 0 Å². The molecule has 1 rings (SSSR count). The molecule has 116 valence electrons. The van der Waals surface area contributed by atoms with Gasteiger partial charge < -0.3 is 20.7 Å². The van der Waals surface area contributed by atoms with E-state index in [1.807, 2.05) is 38.4 Å². The standard InChI is InChI=1S/C15H23N3O3/c1-15(2,21-14(16)20)9-11-5-7-12(8-6-11)17-13(19)10-18(3)4/h5-8H,9-10H2,1-4H3,(H2,16,20)(H,17,19). The van der Waals surface area contributed by atoms with Crippen LogP contribution in [-0.2, 0) is 16.0 Å². The van der Waals surface area contributed by atoms with Crippen LogP contribution in [0, 0.1) is 0 Å². The van der Waals surface area contributed by atoms with Crippen molar-refractivity contribution in [2.45, 2.75) is 25.9 Å². The number of carbonyl (C=O) groups is 2. The molecule has 0 atom stereocenters. The smallest absolute Gasteiger partial charge is 0.405 e. The van der Waals surface area contributed by atoms with Crippen molar-refractivity contribution >= 4 is 17.7 Å². The summed E-state index contributed by atoms with van der Waals surface area (Å²) in [5.41, 5.74) is 6.10. The number of primary amides is 1. The molecule has 0 saturated heterocycles. The molecule has 2 amide bonds. The van der Waals surface area contributed by atoms with E-state index in [1.165, 1.54) is 0 Å². The molecule has 6 heteroatoms. The van der Waals surface area contributed by atoms with Crippen LogP contribution in [0.15, 0.2) is 24.3 Å². The highest BCUT2D eigenvalue weighted by atomic mass is 16.6. The van der Waals surface area contributed by atoms with Crippen molar-refractivity contribution < 1.29 is 14.3 Å². The fourth-order valence-corrected chi connectivity index (χ4v) is 1.99. The number of likely N-dealkylation sites (N-methyl/N-ethyl adjacent to an activating group) is 1. The van der Waals surface area contributed by atoms with Crippen molar-refractivity contribution in [1.29, 1.82) is 0 Å². The van der Waals surface area contributed by atoms with E-state index in [9.17, 15) is 9.59 Å². The van der Waals surface area contributed by atoms with Gasteiger partial charge >= 0.3 is 6.09 Å². The van der Waals surface area contributed by atoms with Gasteiger partial charge in [0.05, 0.1) is 6.54 Å². The lowest BCUT2D eigenvalue weighted by Gasteiger charge is -2.24. The van der Waals surface area contributed by atoms with Crippen molar-refractivity contribution in [3.8, 4) is 0 Å². The normalized spacial score (nSPS) is 11.3. The highest BCUT2D eigenvalue weighted by Gasteiger charge is 2.22. The lowest BCUT2D eigenvalue weighted by atomic mass is 9.98. The molecule has 0 aliphatic rings. The number of hydrogen-bond donors (Lipinski definition) is 2. The Morgan fingerprint density at radius 1 is 1.24 bits per heavy atom. The van der Waals surface area contributed by atoms with Crippen LogP contribution in [0.2, 0.25) is 0 Å². The fourth-order valence-electron chi connectivity index (χ4n) is 1.99. The maximum atomic E-state index is 11.6. The Morgan fingerprint density at radius 3 is 2.29 bits per heavy atom. The second kappa shape index (κ2) is 7.08. The van der Waals surface area contributed by atoms with Gasteiger partial charge in [0.1, 0.15) is 5.60 Å². The van der Waals surface area contributed by atoms with Crippen LogP contribution < -0.4 is 11.1 Å². The number of benzene rings is 1. The van der Waals surface area contributed by atoms with Crippen molar-refractivity contribution in [2.75, 3.05) is 26.0 Å². The van der Waals surface area contributed by atoms with Crippen LogP contribution in [0.4, 0.5) is 10.5 Å². The van der Waals surface area contributed by atoms with Crippen LogP contribution >= 0.6 is 0 Å². The Bertz CT molecular complexity index is 495. The number of hydrogen-bond acceptors (Lipinski definition) is 4. The zero-order valence-corrected chi connectivity index (χ0v) is 13.0. The monoisotopic (exact) mass is 293 g/mol. The second-order valence-electron chi connectivity index (χ2n) is 5.84. The van der Waals surface area contributed by atoms with E-state index < -0.39 is 11.7 Å². The largest absolute Gasteiger partial charge is 0.443 e. The number of carbonyl (C=O) groups excluding carboxylic acids is 2. The fraction of sp³-hybridized carbons (Fsp3) is 0.467. The molecular weight excluding hydrogens is 270 g/mol. The maximum Gasteiger partial charge on any atom is 0.405 e. The summed E-state index contributed by atoms with van der Waals surface area (Å²) in [7, 11) is 3.67. The van der Waals surface area contributed by atoms with Crippen molar-refractivity contribution in [2.24, 2.45) is 5.73 Å². The zero-order chi connectivity index (χ0) is 16.0. The number of anilines is 1. The van der Waals surface area contributed by atoms with Crippen LogP contribution in [0.1, 0.15) is 19.4 Å². The van der Waals surface area contributed by atoms with E-state index in [-0.39, 0.29) is 5.91 Å². The number of nitrogens with two attached hydrogens (primary N) is 1. The first-order chi connectivity index (χ1) is 9.68. The molecule has 6 nitrogen and oxygen atoms in total. The van der Waals surface area contributed by atoms with Crippen LogP contribution in [0.5, 0.6) is 0 Å². The second-order valence-corrected chi connectivity index (χ2v) is 5.84. The van der Waals surface area contributed by atoms with E-state index in [4.69, 9.17) is 10.5 Å². The van der Waals surface area contributed by atoms with E-state index in [1.54, 1.807) is 18.7 Å². The van der Waals surface area contributed by atoms with Gasteiger partial charge in [-0.2, -0.15) is 0 Å². The quantitative estimate of drug-likeness (QED) is 0.834. The molecule has 0 aromatic heterocycles. The van der Waals surface area contributed by atoms with E-state index in [0.717, 1.165) is 11.3 Å². The van der Waals surface area contributed by atoms with Crippen LogP contribution in [-0.4, -0.2) is 43.1 Å². The number of nitrogens with one attached hydrogen (secondary N) is 1. The molecule has 1 aromatic carbocycles. The third-order valence-corrected chi connectivity index (χ3v) is 2.70. The molecule has 0 fully saturated rings. The van der Waals surface area contributed by atoms with Gasteiger partial charge in [0.2, 0.25) is 5.91 Å². The summed E-state index contributed by atoms with van der Waals surface area (Å²) in [5.74, 6) is -0.0647. The Balaban J connectivity index is 2.62. The van der Waals surface area contributed by atoms with Gasteiger partial charge in [-0.3, -0.25) is 4.79 Å². The number of ether oxygens (including phenoxy) is 1.